The minimum absolute atomic E-state index is 0.0659. The molecule has 2 heteroatoms. The minimum atomic E-state index is 0.0659. The zero-order valence-electron chi connectivity index (χ0n) is 21.3. The van der Waals surface area contributed by atoms with Gasteiger partial charge in [0.1, 0.15) is 0 Å². The fourth-order valence-electron chi connectivity index (χ4n) is 4.79. The lowest BCUT2D eigenvalue weighted by Crippen LogP contribution is -2.45. The number of likely N-dealkylation sites (N-methyl/N-ethyl adjacent to an activating group) is 1. The van der Waals surface area contributed by atoms with E-state index in [9.17, 15) is 0 Å². The Bertz CT molecular complexity index is 1120. The highest BCUT2D eigenvalue weighted by molar-refractivity contribution is 6.88. The van der Waals surface area contributed by atoms with Gasteiger partial charge in [-0.05, 0) is 46.3 Å². The molecule has 1 atom stereocenters. The van der Waals surface area contributed by atoms with Gasteiger partial charge in [0.25, 0.3) is 0 Å². The molecule has 2 heterocycles. The maximum atomic E-state index is 4.61. The van der Waals surface area contributed by atoms with Gasteiger partial charge in [-0.15, -0.1) is 13.2 Å². The maximum Gasteiger partial charge on any atom is 0.240 e. The summed E-state index contributed by atoms with van der Waals surface area (Å²) in [5.74, 6) is 1.17. The van der Waals surface area contributed by atoms with Crippen molar-refractivity contribution in [3.63, 3.8) is 0 Å². The molecule has 1 aromatic carbocycles. The van der Waals surface area contributed by atoms with Crippen LogP contribution in [0.4, 0.5) is 0 Å². The van der Waals surface area contributed by atoms with Crippen LogP contribution in [0.3, 0.4) is 0 Å². The zero-order chi connectivity index (χ0) is 24.4. The van der Waals surface area contributed by atoms with E-state index in [1.165, 1.54) is 27.7 Å². The highest BCUT2D eigenvalue weighted by Gasteiger charge is 2.37. The first kappa shape index (κ1) is 24.6. The summed E-state index contributed by atoms with van der Waals surface area (Å²) in [6, 6.07) is 4.83. The van der Waals surface area contributed by atoms with Crippen molar-refractivity contribution in [2.75, 3.05) is 7.05 Å². The smallest absolute Gasteiger partial charge is 0.240 e. The van der Waals surface area contributed by atoms with Crippen LogP contribution in [0.1, 0.15) is 69.1 Å². The molecule has 1 unspecified atom stereocenters. The van der Waals surface area contributed by atoms with E-state index in [1.54, 1.807) is 0 Å². The second-order valence-corrected chi connectivity index (χ2v) is 9.92. The summed E-state index contributed by atoms with van der Waals surface area (Å²) in [4.78, 5) is 1.99. The van der Waals surface area contributed by atoms with Crippen LogP contribution in [0, 0.1) is 0 Å². The summed E-state index contributed by atoms with van der Waals surface area (Å²) in [5, 5.41) is 0. The Hall–Kier alpha value is -3.00. The molecule has 0 amide bonds. The lowest BCUT2D eigenvalue weighted by Gasteiger charge is -2.36. The van der Waals surface area contributed by atoms with Crippen LogP contribution in [-0.4, -0.2) is 18.7 Å². The van der Waals surface area contributed by atoms with Crippen molar-refractivity contribution in [2.45, 2.75) is 52.4 Å². The van der Waals surface area contributed by atoms with Gasteiger partial charge in [-0.25, -0.2) is 0 Å². The Kier molecular flexibility index (Phi) is 7.37. The lowest BCUT2D eigenvalue weighted by molar-refractivity contribution is 0.559. The van der Waals surface area contributed by atoms with E-state index >= 15 is 0 Å². The Morgan fingerprint density at radius 3 is 2.06 bits per heavy atom. The second kappa shape index (κ2) is 9.87. The predicted molar refractivity (Wildman–Crippen MR) is 148 cm³/mol. The molecule has 2 bridgehead atoms. The van der Waals surface area contributed by atoms with Crippen molar-refractivity contribution in [3.05, 3.63) is 126 Å². The molecule has 33 heavy (non-hydrogen) atoms. The highest BCUT2D eigenvalue weighted by atomic mass is 15.1. The van der Waals surface area contributed by atoms with E-state index in [0.717, 1.165) is 22.3 Å². The summed E-state index contributed by atoms with van der Waals surface area (Å²) in [6.07, 6.45) is 14.5. The number of rotatable bonds is 2. The third-order valence-corrected chi connectivity index (χ3v) is 7.00. The summed E-state index contributed by atoms with van der Waals surface area (Å²) < 4.78 is 0. The third-order valence-electron chi connectivity index (χ3n) is 7.00. The number of nitrogens with zero attached hydrogens (tertiary/aromatic N) is 1. The quantitative estimate of drug-likeness (QED) is 0.435. The van der Waals surface area contributed by atoms with Crippen molar-refractivity contribution in [1.29, 1.82) is 0 Å². The first-order chi connectivity index (χ1) is 15.5. The van der Waals surface area contributed by atoms with Crippen molar-refractivity contribution in [2.24, 2.45) is 0 Å². The van der Waals surface area contributed by atoms with Crippen LogP contribution < -0.4 is 5.46 Å². The Morgan fingerprint density at radius 2 is 1.45 bits per heavy atom. The van der Waals surface area contributed by atoms with Crippen LogP contribution in [0.15, 0.2) is 109 Å². The number of benzene rings is 1. The van der Waals surface area contributed by atoms with Crippen LogP contribution >= 0.6 is 0 Å². The summed E-state index contributed by atoms with van der Waals surface area (Å²) in [7, 11) is 1.98. The average Bonchev–Trinajstić information content (AvgIpc) is 2.76. The molecular formula is C31H38BN. The Morgan fingerprint density at radius 1 is 0.848 bits per heavy atom. The molecule has 3 rings (SSSR count). The number of hydrogen-bond donors (Lipinski definition) is 0. The van der Waals surface area contributed by atoms with E-state index in [1.807, 2.05) is 30.2 Å². The van der Waals surface area contributed by atoms with Crippen LogP contribution in [0.25, 0.3) is 0 Å². The molecular weight excluding hydrogens is 397 g/mol. The van der Waals surface area contributed by atoms with E-state index in [4.69, 9.17) is 0 Å². The molecule has 1 nitrogen and oxygen atoms in total. The monoisotopic (exact) mass is 435 g/mol. The Labute approximate surface area is 202 Å². The Balaban J connectivity index is 2.30. The summed E-state index contributed by atoms with van der Waals surface area (Å²) in [6.45, 7) is 29.0. The molecule has 170 valence electrons. The van der Waals surface area contributed by atoms with Gasteiger partial charge in [0.15, 0.2) is 0 Å². The van der Waals surface area contributed by atoms with E-state index in [-0.39, 0.29) is 12.6 Å². The summed E-state index contributed by atoms with van der Waals surface area (Å²) in [5.41, 5.74) is 10.9. The van der Waals surface area contributed by atoms with Gasteiger partial charge in [0.05, 0.1) is 0 Å². The van der Waals surface area contributed by atoms with Crippen molar-refractivity contribution in [1.82, 2.24) is 4.90 Å². The standard InChI is InChI=1S/C31H38BN/c1-20(2)27-18-29(21(3)4)31-30(19-27)25(8)28-17-13-16-24(7)33(10)23(6)15-12-11-14-22(5)32(31)26(28)9/h11-21,25H,5-7,9H2,1-4,8,10H3/b14-11-,15-12-,16-13-,28-17-. The van der Waals surface area contributed by atoms with Gasteiger partial charge >= 0.3 is 0 Å². The minimum Gasteiger partial charge on any atom is -0.346 e. The van der Waals surface area contributed by atoms with Crippen molar-refractivity contribution in [3.8, 4) is 0 Å². The fraction of sp³-hybridized carbons (Fsp3) is 0.290. The first-order valence-corrected chi connectivity index (χ1v) is 11.9. The van der Waals surface area contributed by atoms with Crippen molar-refractivity contribution < 1.29 is 0 Å². The SMILES string of the molecule is C=C1/C=C\C=C/C(=C)N(C)C(=C)/C=C\C=C2/C(=C)B1c1c(C(C)C)cc(C(C)C)cc1C2C. The molecule has 1 aromatic rings. The molecule has 0 radical (unpaired) electrons. The zero-order valence-corrected chi connectivity index (χ0v) is 21.3. The van der Waals surface area contributed by atoms with Gasteiger partial charge in [0.2, 0.25) is 6.71 Å². The molecule has 0 saturated heterocycles. The molecule has 0 fully saturated rings. The average molecular weight is 435 g/mol. The van der Waals surface area contributed by atoms with Crippen molar-refractivity contribution >= 4 is 12.2 Å². The molecule has 0 aliphatic carbocycles. The second-order valence-electron chi connectivity index (χ2n) is 9.92. The van der Waals surface area contributed by atoms with Gasteiger partial charge in [-0.3, -0.25) is 0 Å². The highest BCUT2D eigenvalue weighted by Crippen LogP contribution is 2.39. The summed E-state index contributed by atoms with van der Waals surface area (Å²) >= 11 is 0. The van der Waals surface area contributed by atoms with E-state index in [2.05, 4.69) is 97.4 Å². The lowest BCUT2D eigenvalue weighted by atomic mass is 9.30. The normalized spacial score (nSPS) is 23.9. The van der Waals surface area contributed by atoms with E-state index < -0.39 is 0 Å². The third kappa shape index (κ3) is 4.86. The molecule has 0 aromatic heterocycles. The van der Waals surface area contributed by atoms with Gasteiger partial charge in [0, 0.05) is 24.4 Å². The molecule has 0 spiro atoms. The van der Waals surface area contributed by atoms with Crippen LogP contribution in [0.2, 0.25) is 0 Å². The van der Waals surface area contributed by atoms with Crippen LogP contribution in [-0.2, 0) is 0 Å². The number of hydrogen-bond acceptors (Lipinski definition) is 1. The van der Waals surface area contributed by atoms with Gasteiger partial charge in [-0.2, -0.15) is 0 Å². The van der Waals surface area contributed by atoms with Gasteiger partial charge in [-0.1, -0.05) is 107 Å². The fourth-order valence-corrected chi connectivity index (χ4v) is 4.79. The molecule has 2 aliphatic rings. The largest absolute Gasteiger partial charge is 0.346 e. The number of allylic oxidation sites excluding steroid dienone is 10. The maximum absolute atomic E-state index is 4.61. The molecule has 2 aliphatic heterocycles. The number of fused-ring (bicyclic) bond motifs is 4. The molecule has 0 N–H and O–H groups in total. The predicted octanol–water partition coefficient (Wildman–Crippen LogP) is 7.51. The topological polar surface area (TPSA) is 3.24 Å². The first-order valence-electron chi connectivity index (χ1n) is 11.9. The van der Waals surface area contributed by atoms with Gasteiger partial charge < -0.3 is 4.90 Å². The van der Waals surface area contributed by atoms with Crippen LogP contribution in [0.5, 0.6) is 0 Å². The molecule has 0 saturated carbocycles. The van der Waals surface area contributed by atoms with E-state index in [0.29, 0.717) is 11.8 Å².